The maximum absolute atomic E-state index is 6.94. The first-order valence-electron chi connectivity index (χ1n) is 3.77. The van der Waals surface area contributed by atoms with Gasteiger partial charge in [0.1, 0.15) is 0 Å². The zero-order valence-corrected chi connectivity index (χ0v) is 5.12. The van der Waals surface area contributed by atoms with Crippen LogP contribution in [0.2, 0.25) is 6.04 Å². The van der Waals surface area contributed by atoms with E-state index < -0.39 is 10.0 Å². The first-order chi connectivity index (χ1) is 4.06. The van der Waals surface area contributed by atoms with Gasteiger partial charge >= 0.3 is 0 Å². The van der Waals surface area contributed by atoms with Crippen LogP contribution in [0.5, 0.6) is 0 Å². The van der Waals surface area contributed by atoms with E-state index in [0.717, 1.165) is 6.54 Å². The molecule has 0 radical (unpaired) electrons. The lowest BCUT2D eigenvalue weighted by atomic mass is 10.7. The summed E-state index contributed by atoms with van der Waals surface area (Å²) in [6.07, 6.45) is 0. The molecule has 2 heteroatoms. The third-order valence-electron chi connectivity index (χ3n) is 0.552. The van der Waals surface area contributed by atoms with Gasteiger partial charge in [-0.1, -0.05) is 13.0 Å². The number of hydrogen-bond donors (Lipinski definition) is 1. The Morgan fingerprint density at radius 3 is 3.33 bits per heavy atom. The van der Waals surface area contributed by atoms with Gasteiger partial charge in [0.25, 0.3) is 0 Å². The van der Waals surface area contributed by atoms with Crippen LogP contribution < -0.4 is 5.32 Å². The van der Waals surface area contributed by atoms with E-state index in [9.17, 15) is 0 Å². The van der Waals surface area contributed by atoms with E-state index in [1.54, 1.807) is 0 Å². The molecule has 0 unspecified atom stereocenters. The summed E-state index contributed by atoms with van der Waals surface area (Å²) in [5, 5.41) is 2.98. The van der Waals surface area contributed by atoms with Crippen LogP contribution in [-0.4, -0.2) is 26.8 Å². The Morgan fingerprint density at radius 1 is 2.00 bits per heavy atom. The summed E-state index contributed by atoms with van der Waals surface area (Å²) in [5.41, 5.74) is 0. The Kier molecular flexibility index (Phi) is 2.14. The molecule has 0 rings (SSSR count). The second kappa shape index (κ2) is 5.18. The minimum atomic E-state index is -3.01. The average Bonchev–Trinajstić information content (AvgIpc) is 1.63. The van der Waals surface area contributed by atoms with Crippen LogP contribution >= 0.6 is 0 Å². The Hall–Kier alpha value is 0.177. The summed E-state index contributed by atoms with van der Waals surface area (Å²) < 4.78 is 20.8. The predicted octanol–water partition coefficient (Wildman–Crippen LogP) is -0.620. The van der Waals surface area contributed by atoms with Crippen LogP contribution in [0, 0.1) is 0 Å². The monoisotopic (exact) mass is 109 g/mol. The predicted molar refractivity (Wildman–Crippen MR) is 33.3 cm³/mol. The van der Waals surface area contributed by atoms with Gasteiger partial charge in [-0.25, -0.2) is 0 Å². The second-order valence-corrected chi connectivity index (χ2v) is 1.60. The highest BCUT2D eigenvalue weighted by Gasteiger charge is 1.71. The van der Waals surface area contributed by atoms with Gasteiger partial charge < -0.3 is 5.32 Å². The lowest BCUT2D eigenvalue weighted by Gasteiger charge is -1.91. The van der Waals surface area contributed by atoms with E-state index in [-0.39, 0.29) is 0 Å². The van der Waals surface area contributed by atoms with Crippen molar-refractivity contribution in [1.82, 2.24) is 5.32 Å². The van der Waals surface area contributed by atoms with Gasteiger partial charge in [0.15, 0.2) is 0 Å². The standard InChI is InChI=1S/C4H13NSi/c1-2-5-3-4-6/h5H,2-4H2,1,6H3/i6T3. The molecule has 0 spiro atoms. The third kappa shape index (κ3) is 4.18. The lowest BCUT2D eigenvalue weighted by Crippen LogP contribution is -2.12. The van der Waals surface area contributed by atoms with E-state index in [4.69, 9.17) is 3.70 Å². The average molecular weight is 109 g/mol. The van der Waals surface area contributed by atoms with Crippen LogP contribution in [0.25, 0.3) is 0 Å². The van der Waals surface area contributed by atoms with Crippen molar-refractivity contribution in [2.24, 2.45) is 0 Å². The Balaban J connectivity index is 3.07. The zero-order valence-electron chi connectivity index (χ0n) is 7.12. The van der Waals surface area contributed by atoms with Crippen LogP contribution in [0.1, 0.15) is 6.92 Å². The van der Waals surface area contributed by atoms with Crippen LogP contribution in [0.4, 0.5) is 0 Å². The van der Waals surface area contributed by atoms with Crippen molar-refractivity contribution in [3.8, 4) is 0 Å². The van der Waals surface area contributed by atoms with Crippen molar-refractivity contribution in [3.05, 3.63) is 0 Å². The van der Waals surface area contributed by atoms with Crippen LogP contribution in [-0.2, 0) is 0 Å². The molecule has 0 fully saturated rings. The van der Waals surface area contributed by atoms with E-state index in [1.165, 1.54) is 0 Å². The highest BCUT2D eigenvalue weighted by atomic mass is 28.1. The van der Waals surface area contributed by atoms with Gasteiger partial charge in [0.05, 0.1) is 0 Å². The molecule has 0 aliphatic heterocycles. The quantitative estimate of drug-likeness (QED) is 0.375. The SMILES string of the molecule is [3H][Si]([3H])([3H])CCNCC. The fraction of sp³-hybridized carbons (Fsp3) is 1.00. The van der Waals surface area contributed by atoms with Gasteiger partial charge in [-0.05, 0) is 13.1 Å². The van der Waals surface area contributed by atoms with Gasteiger partial charge in [-0.2, -0.15) is 0 Å². The minimum absolute atomic E-state index is 0.404. The van der Waals surface area contributed by atoms with Crippen molar-refractivity contribution in [1.29, 1.82) is 3.70 Å². The molecule has 6 heavy (non-hydrogen) atoms. The topological polar surface area (TPSA) is 12.0 Å². The Bertz CT molecular complexity index is 72.7. The molecule has 0 heterocycles. The summed E-state index contributed by atoms with van der Waals surface area (Å²) >= 11 is 0. The van der Waals surface area contributed by atoms with E-state index >= 15 is 0 Å². The van der Waals surface area contributed by atoms with Crippen molar-refractivity contribution in [2.75, 3.05) is 13.1 Å². The molecule has 0 aromatic rings. The van der Waals surface area contributed by atoms with E-state index in [0.29, 0.717) is 12.6 Å². The fourth-order valence-electron chi connectivity index (χ4n) is 0.265. The molecule has 0 atom stereocenters. The van der Waals surface area contributed by atoms with Crippen LogP contribution in [0.3, 0.4) is 0 Å². The molecular weight excluding hydrogens is 90.1 g/mol. The lowest BCUT2D eigenvalue weighted by molar-refractivity contribution is 0.762. The number of rotatable bonds is 4. The molecule has 0 bridgehead atoms. The van der Waals surface area contributed by atoms with Gasteiger partial charge in [0.2, 0.25) is 0 Å². The summed E-state index contributed by atoms with van der Waals surface area (Å²) in [4.78, 5) is 0. The smallest absolute Gasteiger partial charge is 0.00734 e. The van der Waals surface area contributed by atoms with Crippen molar-refractivity contribution in [3.63, 3.8) is 0 Å². The summed E-state index contributed by atoms with van der Waals surface area (Å²) in [6, 6.07) is 0.404. The molecule has 0 aliphatic carbocycles. The molecule has 0 saturated carbocycles. The summed E-state index contributed by atoms with van der Waals surface area (Å²) in [6.45, 7) is 3.49. The maximum Gasteiger partial charge on any atom is 0.00734 e. The highest BCUT2D eigenvalue weighted by molar-refractivity contribution is 6.08. The normalized spacial score (nSPS) is 18.5. The van der Waals surface area contributed by atoms with Crippen LogP contribution in [0.15, 0.2) is 0 Å². The molecule has 0 amide bonds. The largest absolute Gasteiger partial charge is 0.317 e. The molecule has 0 aliphatic rings. The third-order valence-corrected chi connectivity index (χ3v) is 0.802. The summed E-state index contributed by atoms with van der Waals surface area (Å²) in [5.74, 6) is 0. The van der Waals surface area contributed by atoms with E-state index in [1.807, 2.05) is 6.92 Å². The Morgan fingerprint density at radius 2 is 2.83 bits per heavy atom. The zero-order chi connectivity index (χ0) is 7.33. The molecule has 1 nitrogen and oxygen atoms in total. The van der Waals surface area contributed by atoms with Gasteiger partial charge in [-0.3, -0.25) is 0 Å². The first kappa shape index (κ1) is 2.48. The summed E-state index contributed by atoms with van der Waals surface area (Å²) in [7, 11) is -3.01. The molecular formula is C4H13NSi. The first-order valence-corrected chi connectivity index (χ1v) is 2.97. The molecule has 38 valence electrons. The minimum Gasteiger partial charge on any atom is -0.317 e. The fourth-order valence-corrected chi connectivity index (χ4v) is 0.442. The second-order valence-electron chi connectivity index (χ2n) is 1.10. The molecule has 0 saturated heterocycles. The number of hydrogen-bond acceptors (Lipinski definition) is 1. The molecule has 0 aromatic heterocycles. The molecule has 0 aromatic carbocycles. The molecule has 1 N–H and O–H groups in total. The number of nitrogens with one attached hydrogen (secondary N) is 1. The van der Waals surface area contributed by atoms with Crippen molar-refractivity contribution in [2.45, 2.75) is 13.0 Å². The van der Waals surface area contributed by atoms with Crippen molar-refractivity contribution >= 4 is 10.0 Å². The van der Waals surface area contributed by atoms with Gasteiger partial charge in [-0.15, -0.1) is 0 Å². The van der Waals surface area contributed by atoms with Crippen molar-refractivity contribution < 1.29 is 0 Å². The van der Waals surface area contributed by atoms with Gasteiger partial charge in [0, 0.05) is 13.7 Å². The van der Waals surface area contributed by atoms with E-state index in [2.05, 4.69) is 5.32 Å². The Labute approximate surface area is 46.2 Å². The maximum atomic E-state index is 6.94. The highest BCUT2D eigenvalue weighted by Crippen LogP contribution is 1.61.